The van der Waals surface area contributed by atoms with E-state index < -0.39 is 0 Å². The van der Waals surface area contributed by atoms with Crippen LogP contribution in [-0.4, -0.2) is 17.2 Å². The van der Waals surface area contributed by atoms with Crippen molar-refractivity contribution in [3.05, 3.63) is 29.6 Å². The van der Waals surface area contributed by atoms with Gasteiger partial charge in [0.2, 0.25) is 0 Å². The molecule has 80 valence electrons. The summed E-state index contributed by atoms with van der Waals surface area (Å²) in [5.74, 6) is 0. The first kappa shape index (κ1) is 10.3. The minimum atomic E-state index is 0.543. The van der Waals surface area contributed by atoms with Crippen molar-refractivity contribution in [1.82, 2.24) is 4.98 Å². The summed E-state index contributed by atoms with van der Waals surface area (Å²) in [4.78, 5) is 9.02. The van der Waals surface area contributed by atoms with E-state index in [-0.39, 0.29) is 0 Å². The van der Waals surface area contributed by atoms with Crippen molar-refractivity contribution >= 4 is 6.21 Å². The third-order valence-corrected chi connectivity index (χ3v) is 2.90. The Hall–Kier alpha value is -1.18. The molecule has 2 nitrogen and oxygen atoms in total. The van der Waals surface area contributed by atoms with Crippen molar-refractivity contribution in [2.24, 2.45) is 4.99 Å². The molecule has 2 rings (SSSR count). The van der Waals surface area contributed by atoms with Gasteiger partial charge in [-0.25, -0.2) is 0 Å². The van der Waals surface area contributed by atoms with Crippen LogP contribution in [0, 0.1) is 6.92 Å². The normalized spacial score (nSPS) is 18.5. The zero-order valence-corrected chi connectivity index (χ0v) is 9.32. The fraction of sp³-hybridized carbons (Fsp3) is 0.538. The Morgan fingerprint density at radius 1 is 1.27 bits per heavy atom. The highest BCUT2D eigenvalue weighted by atomic mass is 14.8. The Labute approximate surface area is 91.5 Å². The molecule has 1 aliphatic carbocycles. The van der Waals surface area contributed by atoms with Crippen molar-refractivity contribution < 1.29 is 0 Å². The van der Waals surface area contributed by atoms with E-state index in [4.69, 9.17) is 0 Å². The van der Waals surface area contributed by atoms with Gasteiger partial charge in [0.15, 0.2) is 0 Å². The van der Waals surface area contributed by atoms with Crippen LogP contribution in [0.3, 0.4) is 0 Å². The van der Waals surface area contributed by atoms with Gasteiger partial charge in [-0.05, 0) is 31.9 Å². The number of nitrogens with zero attached hydrogens (tertiary/aromatic N) is 2. The first-order valence-corrected chi connectivity index (χ1v) is 5.81. The molecule has 15 heavy (non-hydrogen) atoms. The highest BCUT2D eigenvalue weighted by Gasteiger charge is 2.10. The Kier molecular flexibility index (Phi) is 3.49. The van der Waals surface area contributed by atoms with Crippen molar-refractivity contribution in [3.8, 4) is 0 Å². The van der Waals surface area contributed by atoms with Gasteiger partial charge in [-0.15, -0.1) is 0 Å². The largest absolute Gasteiger partial charge is 0.288 e. The molecule has 0 saturated heterocycles. The van der Waals surface area contributed by atoms with Crippen LogP contribution >= 0.6 is 0 Å². The quantitative estimate of drug-likeness (QED) is 0.676. The zero-order valence-electron chi connectivity index (χ0n) is 9.32. The molecule has 0 N–H and O–H groups in total. The van der Waals surface area contributed by atoms with E-state index in [2.05, 4.69) is 9.98 Å². The number of hydrogen-bond donors (Lipinski definition) is 0. The summed E-state index contributed by atoms with van der Waals surface area (Å²) < 4.78 is 0. The summed E-state index contributed by atoms with van der Waals surface area (Å²) in [7, 11) is 0. The molecule has 0 amide bonds. The van der Waals surface area contributed by atoms with Gasteiger partial charge in [0.05, 0.1) is 11.7 Å². The van der Waals surface area contributed by atoms with Gasteiger partial charge in [0, 0.05) is 11.9 Å². The summed E-state index contributed by atoms with van der Waals surface area (Å²) in [5, 5.41) is 0. The lowest BCUT2D eigenvalue weighted by Crippen LogP contribution is -2.09. The highest BCUT2D eigenvalue weighted by molar-refractivity contribution is 5.77. The van der Waals surface area contributed by atoms with E-state index >= 15 is 0 Å². The standard InChI is InChI=1S/C13H18N2/c1-11-6-5-9-13(15-11)10-14-12-7-3-2-4-8-12/h5-6,9-10,12H,2-4,7-8H2,1H3/b14-10+. The molecule has 0 aromatic carbocycles. The van der Waals surface area contributed by atoms with E-state index in [1.54, 1.807) is 0 Å². The molecule has 1 fully saturated rings. The van der Waals surface area contributed by atoms with Gasteiger partial charge in [-0.2, -0.15) is 0 Å². The molecular formula is C13H18N2. The minimum absolute atomic E-state index is 0.543. The van der Waals surface area contributed by atoms with Gasteiger partial charge >= 0.3 is 0 Å². The minimum Gasteiger partial charge on any atom is -0.288 e. The van der Waals surface area contributed by atoms with Crippen molar-refractivity contribution in [2.75, 3.05) is 0 Å². The molecule has 0 aliphatic heterocycles. The van der Waals surface area contributed by atoms with Crippen LogP contribution in [-0.2, 0) is 0 Å². The van der Waals surface area contributed by atoms with Crippen LogP contribution in [0.15, 0.2) is 23.2 Å². The Morgan fingerprint density at radius 3 is 2.80 bits per heavy atom. The summed E-state index contributed by atoms with van der Waals surface area (Å²) in [5.41, 5.74) is 2.04. The van der Waals surface area contributed by atoms with Gasteiger partial charge in [0.25, 0.3) is 0 Å². The number of rotatable bonds is 2. The average Bonchev–Trinajstić information content (AvgIpc) is 2.28. The van der Waals surface area contributed by atoms with Crippen LogP contribution in [0.25, 0.3) is 0 Å². The van der Waals surface area contributed by atoms with Gasteiger partial charge in [-0.1, -0.05) is 25.3 Å². The van der Waals surface area contributed by atoms with Crippen LogP contribution in [0.4, 0.5) is 0 Å². The summed E-state index contributed by atoms with van der Waals surface area (Å²) in [6.45, 7) is 2.01. The molecule has 1 aliphatic rings. The molecule has 1 saturated carbocycles. The maximum atomic E-state index is 4.61. The molecule has 1 heterocycles. The van der Waals surface area contributed by atoms with E-state index in [9.17, 15) is 0 Å². The van der Waals surface area contributed by atoms with Gasteiger partial charge in [-0.3, -0.25) is 9.98 Å². The number of hydrogen-bond acceptors (Lipinski definition) is 2. The first-order chi connectivity index (χ1) is 7.34. The number of pyridine rings is 1. The zero-order chi connectivity index (χ0) is 10.5. The number of aromatic nitrogens is 1. The predicted molar refractivity (Wildman–Crippen MR) is 63.4 cm³/mol. The predicted octanol–water partition coefficient (Wildman–Crippen LogP) is 3.14. The van der Waals surface area contributed by atoms with E-state index in [0.717, 1.165) is 11.4 Å². The van der Waals surface area contributed by atoms with Crippen molar-refractivity contribution in [3.63, 3.8) is 0 Å². The molecule has 0 spiro atoms. The monoisotopic (exact) mass is 202 g/mol. The van der Waals surface area contributed by atoms with Crippen LogP contribution in [0.2, 0.25) is 0 Å². The average molecular weight is 202 g/mol. The molecule has 1 aromatic heterocycles. The van der Waals surface area contributed by atoms with Crippen molar-refractivity contribution in [1.29, 1.82) is 0 Å². The van der Waals surface area contributed by atoms with Gasteiger partial charge < -0.3 is 0 Å². The summed E-state index contributed by atoms with van der Waals surface area (Å²) in [6.07, 6.45) is 8.49. The lowest BCUT2D eigenvalue weighted by molar-refractivity contribution is 0.444. The lowest BCUT2D eigenvalue weighted by atomic mass is 9.96. The fourth-order valence-corrected chi connectivity index (χ4v) is 2.05. The Balaban J connectivity index is 1.97. The second kappa shape index (κ2) is 5.06. The van der Waals surface area contributed by atoms with Crippen LogP contribution < -0.4 is 0 Å². The van der Waals surface area contributed by atoms with E-state index in [1.165, 1.54) is 32.1 Å². The second-order valence-corrected chi connectivity index (χ2v) is 4.27. The molecule has 0 bridgehead atoms. The molecule has 0 atom stereocenters. The smallest absolute Gasteiger partial charge is 0.0811 e. The molecule has 1 aromatic rings. The topological polar surface area (TPSA) is 25.2 Å². The molecular weight excluding hydrogens is 184 g/mol. The fourth-order valence-electron chi connectivity index (χ4n) is 2.05. The van der Waals surface area contributed by atoms with E-state index in [1.807, 2.05) is 31.3 Å². The maximum absolute atomic E-state index is 4.61. The Morgan fingerprint density at radius 2 is 2.07 bits per heavy atom. The summed E-state index contributed by atoms with van der Waals surface area (Å²) in [6, 6.07) is 6.60. The van der Waals surface area contributed by atoms with Crippen LogP contribution in [0.1, 0.15) is 43.5 Å². The third kappa shape index (κ3) is 3.15. The van der Waals surface area contributed by atoms with Gasteiger partial charge in [0.1, 0.15) is 0 Å². The molecule has 0 unspecified atom stereocenters. The number of aliphatic imine (C=N–C) groups is 1. The van der Waals surface area contributed by atoms with Crippen molar-refractivity contribution in [2.45, 2.75) is 45.1 Å². The molecule has 2 heteroatoms. The van der Waals surface area contributed by atoms with E-state index in [0.29, 0.717) is 6.04 Å². The van der Waals surface area contributed by atoms with Crippen LogP contribution in [0.5, 0.6) is 0 Å². The molecule has 0 radical (unpaired) electrons. The highest BCUT2D eigenvalue weighted by Crippen LogP contribution is 2.19. The first-order valence-electron chi connectivity index (χ1n) is 5.81. The number of aryl methyl sites for hydroxylation is 1. The Bertz CT molecular complexity index is 338. The third-order valence-electron chi connectivity index (χ3n) is 2.90. The lowest BCUT2D eigenvalue weighted by Gasteiger charge is -2.16. The maximum Gasteiger partial charge on any atom is 0.0811 e. The SMILES string of the molecule is Cc1cccc(/C=N/C2CCCCC2)n1. The second-order valence-electron chi connectivity index (χ2n) is 4.27. The summed E-state index contributed by atoms with van der Waals surface area (Å²) >= 11 is 0.